The van der Waals surface area contributed by atoms with Crippen molar-refractivity contribution in [1.82, 2.24) is 20.5 Å². The minimum atomic E-state index is -0.166. The molecule has 2 aromatic carbocycles. The van der Waals surface area contributed by atoms with E-state index in [1.54, 1.807) is 18.2 Å². The van der Waals surface area contributed by atoms with Crippen LogP contribution in [0.3, 0.4) is 0 Å². The molecule has 0 spiro atoms. The molecule has 0 atom stereocenters. The zero-order valence-electron chi connectivity index (χ0n) is 15.1. The van der Waals surface area contributed by atoms with Crippen molar-refractivity contribution >= 4 is 5.91 Å². The van der Waals surface area contributed by atoms with Gasteiger partial charge in [-0.25, -0.2) is 9.37 Å². The van der Waals surface area contributed by atoms with Gasteiger partial charge in [-0.2, -0.15) is 5.10 Å². The lowest BCUT2D eigenvalue weighted by Gasteiger charge is -2.36. The number of carbonyl (C=O) groups excluding carboxylic acids is 1. The molecule has 1 aromatic heterocycles. The SMILES string of the molecule is CCc1nc(-c2ccc(C(=O)NC3CC(c4ccccc4F)C3)cc2)n[nH]1. The molecular weight excluding hydrogens is 343 g/mol. The van der Waals surface area contributed by atoms with E-state index in [4.69, 9.17) is 0 Å². The molecule has 6 heteroatoms. The number of H-pyrrole nitrogens is 1. The van der Waals surface area contributed by atoms with E-state index in [1.807, 2.05) is 31.2 Å². The normalized spacial score (nSPS) is 18.7. The molecule has 1 heterocycles. The summed E-state index contributed by atoms with van der Waals surface area (Å²) in [5.41, 5.74) is 2.20. The quantitative estimate of drug-likeness (QED) is 0.722. The van der Waals surface area contributed by atoms with Crippen LogP contribution in [0.2, 0.25) is 0 Å². The van der Waals surface area contributed by atoms with Crippen LogP contribution in [0, 0.1) is 5.82 Å². The van der Waals surface area contributed by atoms with Gasteiger partial charge in [0.15, 0.2) is 5.82 Å². The highest BCUT2D eigenvalue weighted by Crippen LogP contribution is 2.38. The molecule has 4 rings (SSSR count). The molecule has 1 aliphatic rings. The summed E-state index contributed by atoms with van der Waals surface area (Å²) >= 11 is 0. The largest absolute Gasteiger partial charge is 0.349 e. The van der Waals surface area contributed by atoms with Gasteiger partial charge in [0.1, 0.15) is 11.6 Å². The van der Waals surface area contributed by atoms with Crippen LogP contribution >= 0.6 is 0 Å². The first kappa shape index (κ1) is 17.4. The summed E-state index contributed by atoms with van der Waals surface area (Å²) in [6.45, 7) is 2.01. The topological polar surface area (TPSA) is 70.7 Å². The molecule has 0 unspecified atom stereocenters. The standard InChI is InChI=1S/C21H21FN4O/c1-2-19-24-20(26-25-19)13-7-9-14(10-8-13)21(27)23-16-11-15(12-16)17-5-3-4-6-18(17)22/h3-10,15-16H,2,11-12H2,1H3,(H,23,27)(H,24,25,26). The first-order valence-corrected chi connectivity index (χ1v) is 9.21. The number of aromatic nitrogens is 3. The van der Waals surface area contributed by atoms with Gasteiger partial charge in [0.2, 0.25) is 0 Å². The fourth-order valence-corrected chi connectivity index (χ4v) is 3.42. The smallest absolute Gasteiger partial charge is 0.251 e. The van der Waals surface area contributed by atoms with E-state index in [1.165, 1.54) is 6.07 Å². The number of rotatable bonds is 5. The van der Waals surface area contributed by atoms with Gasteiger partial charge in [-0.15, -0.1) is 0 Å². The summed E-state index contributed by atoms with van der Waals surface area (Å²) in [5, 5.41) is 10.1. The summed E-state index contributed by atoms with van der Waals surface area (Å²) < 4.78 is 13.8. The Kier molecular flexibility index (Phi) is 4.71. The van der Waals surface area contributed by atoms with E-state index < -0.39 is 0 Å². The van der Waals surface area contributed by atoms with E-state index in [9.17, 15) is 9.18 Å². The lowest BCUT2D eigenvalue weighted by Crippen LogP contribution is -2.43. The molecule has 1 amide bonds. The number of amides is 1. The third-order valence-corrected chi connectivity index (χ3v) is 5.09. The Morgan fingerprint density at radius 1 is 1.19 bits per heavy atom. The van der Waals surface area contributed by atoms with Crippen LogP contribution in [-0.4, -0.2) is 27.1 Å². The van der Waals surface area contributed by atoms with Gasteiger partial charge in [0.25, 0.3) is 5.91 Å². The fraction of sp³-hybridized carbons (Fsp3) is 0.286. The van der Waals surface area contributed by atoms with Crippen LogP contribution in [0.5, 0.6) is 0 Å². The zero-order chi connectivity index (χ0) is 18.8. The van der Waals surface area contributed by atoms with Crippen LogP contribution in [0.4, 0.5) is 4.39 Å². The minimum absolute atomic E-state index is 0.0851. The van der Waals surface area contributed by atoms with Crippen molar-refractivity contribution in [1.29, 1.82) is 0 Å². The Morgan fingerprint density at radius 2 is 1.93 bits per heavy atom. The van der Waals surface area contributed by atoms with E-state index in [2.05, 4.69) is 20.5 Å². The highest BCUT2D eigenvalue weighted by atomic mass is 19.1. The second-order valence-electron chi connectivity index (χ2n) is 6.90. The van der Waals surface area contributed by atoms with Gasteiger partial charge in [0, 0.05) is 23.6 Å². The van der Waals surface area contributed by atoms with Crippen LogP contribution < -0.4 is 5.32 Å². The molecule has 0 bridgehead atoms. The number of aromatic amines is 1. The number of aryl methyl sites for hydroxylation is 1. The predicted octanol–water partition coefficient (Wildman–Crippen LogP) is 3.85. The number of nitrogens with one attached hydrogen (secondary N) is 2. The predicted molar refractivity (Wildman–Crippen MR) is 101 cm³/mol. The number of carbonyl (C=O) groups is 1. The highest BCUT2D eigenvalue weighted by molar-refractivity contribution is 5.94. The molecule has 5 nitrogen and oxygen atoms in total. The van der Waals surface area contributed by atoms with Crippen molar-refractivity contribution in [3.63, 3.8) is 0 Å². The summed E-state index contributed by atoms with van der Waals surface area (Å²) in [6, 6.07) is 14.2. The van der Waals surface area contributed by atoms with Crippen molar-refractivity contribution < 1.29 is 9.18 Å². The van der Waals surface area contributed by atoms with Gasteiger partial charge >= 0.3 is 0 Å². The van der Waals surface area contributed by atoms with Crippen LogP contribution in [-0.2, 0) is 6.42 Å². The second kappa shape index (κ2) is 7.31. The maximum absolute atomic E-state index is 13.8. The van der Waals surface area contributed by atoms with Crippen LogP contribution in [0.25, 0.3) is 11.4 Å². The van der Waals surface area contributed by atoms with Gasteiger partial charge in [-0.05, 0) is 42.5 Å². The Labute approximate surface area is 157 Å². The maximum Gasteiger partial charge on any atom is 0.251 e. The summed E-state index contributed by atoms with van der Waals surface area (Å²) in [5.74, 6) is 1.37. The lowest BCUT2D eigenvalue weighted by molar-refractivity contribution is 0.0908. The fourth-order valence-electron chi connectivity index (χ4n) is 3.42. The lowest BCUT2D eigenvalue weighted by atomic mass is 9.75. The van der Waals surface area contributed by atoms with Crippen molar-refractivity contribution in [3.8, 4) is 11.4 Å². The van der Waals surface area contributed by atoms with Crippen LogP contribution in [0.15, 0.2) is 48.5 Å². The Balaban J connectivity index is 1.35. The molecular formula is C21H21FN4O. The first-order chi connectivity index (χ1) is 13.1. The van der Waals surface area contributed by atoms with Crippen molar-refractivity contribution in [2.75, 3.05) is 0 Å². The molecule has 3 aromatic rings. The van der Waals surface area contributed by atoms with Gasteiger partial charge in [-0.1, -0.05) is 37.3 Å². The average Bonchev–Trinajstić information content (AvgIpc) is 3.14. The molecule has 0 aliphatic heterocycles. The van der Waals surface area contributed by atoms with Crippen LogP contribution in [0.1, 0.15) is 47.4 Å². The number of hydrogen-bond acceptors (Lipinski definition) is 3. The second-order valence-corrected chi connectivity index (χ2v) is 6.90. The Bertz CT molecular complexity index is 945. The number of halogens is 1. The van der Waals surface area contributed by atoms with E-state index >= 15 is 0 Å². The summed E-state index contributed by atoms with van der Waals surface area (Å²) in [7, 11) is 0. The van der Waals surface area contributed by atoms with Crippen molar-refractivity contribution in [3.05, 3.63) is 71.3 Å². The number of hydrogen-bond donors (Lipinski definition) is 2. The van der Waals surface area contributed by atoms with Crippen molar-refractivity contribution in [2.45, 2.75) is 38.1 Å². The van der Waals surface area contributed by atoms with Crippen molar-refractivity contribution in [2.24, 2.45) is 0 Å². The molecule has 1 fully saturated rings. The minimum Gasteiger partial charge on any atom is -0.349 e. The molecule has 0 saturated heterocycles. The Hall–Kier alpha value is -3.02. The maximum atomic E-state index is 13.8. The number of nitrogens with zero attached hydrogens (tertiary/aromatic N) is 2. The van der Waals surface area contributed by atoms with Gasteiger partial charge in [-0.3, -0.25) is 9.89 Å². The monoisotopic (exact) mass is 364 g/mol. The van der Waals surface area contributed by atoms with E-state index in [-0.39, 0.29) is 23.7 Å². The zero-order valence-corrected chi connectivity index (χ0v) is 15.1. The first-order valence-electron chi connectivity index (χ1n) is 9.21. The average molecular weight is 364 g/mol. The molecule has 1 aliphatic carbocycles. The highest BCUT2D eigenvalue weighted by Gasteiger charge is 2.32. The van der Waals surface area contributed by atoms with E-state index in [0.717, 1.165) is 36.2 Å². The Morgan fingerprint density at radius 3 is 2.59 bits per heavy atom. The molecule has 0 radical (unpaired) electrons. The van der Waals surface area contributed by atoms with E-state index in [0.29, 0.717) is 11.4 Å². The number of benzene rings is 2. The third-order valence-electron chi connectivity index (χ3n) is 5.09. The molecule has 138 valence electrons. The molecule has 2 N–H and O–H groups in total. The van der Waals surface area contributed by atoms with Gasteiger partial charge < -0.3 is 5.32 Å². The third kappa shape index (κ3) is 3.60. The van der Waals surface area contributed by atoms with Gasteiger partial charge in [0.05, 0.1) is 0 Å². The molecule has 1 saturated carbocycles. The summed E-state index contributed by atoms with van der Waals surface area (Å²) in [6.07, 6.45) is 2.33. The summed E-state index contributed by atoms with van der Waals surface area (Å²) in [4.78, 5) is 16.8. The molecule has 27 heavy (non-hydrogen) atoms.